The molecule has 1 aromatic rings. The fourth-order valence-corrected chi connectivity index (χ4v) is 1.19. The minimum Gasteiger partial charge on any atom is -0.480 e. The van der Waals surface area contributed by atoms with E-state index in [1.807, 2.05) is 6.07 Å². The van der Waals surface area contributed by atoms with Crippen LogP contribution in [0.3, 0.4) is 0 Å². The SMILES string of the molecule is N#Cc1ccc(N)cc1.NCCCC[C@H](N)C(=O)O. The van der Waals surface area contributed by atoms with Crippen LogP contribution >= 0.6 is 0 Å². The van der Waals surface area contributed by atoms with Gasteiger partial charge in [0.25, 0.3) is 0 Å². The number of aliphatic carboxylic acids is 1. The molecule has 0 aromatic heterocycles. The van der Waals surface area contributed by atoms with Gasteiger partial charge < -0.3 is 22.3 Å². The topological polar surface area (TPSA) is 139 Å². The number of benzene rings is 1. The standard InChI is InChI=1S/C7H6N2.C6H14N2O2/c8-5-6-1-3-7(9)4-2-6;7-4-2-1-3-5(8)6(9)10/h1-4H,9H2;5H,1-4,7-8H2,(H,9,10)/t;5-/m.0/s1. The van der Waals surface area contributed by atoms with Crippen molar-refractivity contribution in [1.29, 1.82) is 5.26 Å². The summed E-state index contributed by atoms with van der Waals surface area (Å²) in [6.07, 6.45) is 2.16. The van der Waals surface area contributed by atoms with Crippen molar-refractivity contribution in [3.8, 4) is 6.07 Å². The minimum absolute atomic E-state index is 0.520. The van der Waals surface area contributed by atoms with Crippen molar-refractivity contribution in [3.63, 3.8) is 0 Å². The predicted molar refractivity (Wildman–Crippen MR) is 74.1 cm³/mol. The lowest BCUT2D eigenvalue weighted by Gasteiger charge is -2.03. The molecule has 0 aliphatic rings. The lowest BCUT2D eigenvalue weighted by molar-refractivity contribution is -0.138. The van der Waals surface area contributed by atoms with Crippen molar-refractivity contribution < 1.29 is 9.90 Å². The smallest absolute Gasteiger partial charge is 0.320 e. The summed E-state index contributed by atoms with van der Waals surface area (Å²) in [4.78, 5) is 10.1. The van der Waals surface area contributed by atoms with Crippen molar-refractivity contribution in [2.24, 2.45) is 11.5 Å². The van der Waals surface area contributed by atoms with Crippen LogP contribution in [0.2, 0.25) is 0 Å². The van der Waals surface area contributed by atoms with E-state index in [1.54, 1.807) is 24.3 Å². The molecule has 0 spiro atoms. The predicted octanol–water partition coefficient (Wildman–Crippen LogP) is 0.668. The van der Waals surface area contributed by atoms with Gasteiger partial charge in [0.05, 0.1) is 11.6 Å². The van der Waals surface area contributed by atoms with E-state index < -0.39 is 12.0 Å². The molecule has 0 saturated heterocycles. The molecule has 0 fully saturated rings. The molecule has 1 aromatic carbocycles. The fourth-order valence-electron chi connectivity index (χ4n) is 1.19. The summed E-state index contributed by atoms with van der Waals surface area (Å²) in [6, 6.07) is 8.08. The van der Waals surface area contributed by atoms with Crippen LogP contribution in [-0.4, -0.2) is 23.7 Å². The summed E-state index contributed by atoms with van der Waals surface area (Å²) in [6.45, 7) is 0.604. The maximum Gasteiger partial charge on any atom is 0.320 e. The number of rotatable bonds is 5. The van der Waals surface area contributed by atoms with Crippen LogP contribution < -0.4 is 17.2 Å². The number of nitrogen functional groups attached to an aromatic ring is 1. The number of hydrogen-bond acceptors (Lipinski definition) is 5. The van der Waals surface area contributed by atoms with Gasteiger partial charge in [-0.2, -0.15) is 5.26 Å². The first-order valence-corrected chi connectivity index (χ1v) is 5.95. The first-order valence-electron chi connectivity index (χ1n) is 5.95. The molecular weight excluding hydrogens is 244 g/mol. The Morgan fingerprint density at radius 2 is 1.89 bits per heavy atom. The van der Waals surface area contributed by atoms with Gasteiger partial charge in [0.15, 0.2) is 0 Å². The fraction of sp³-hybridized carbons (Fsp3) is 0.385. The Morgan fingerprint density at radius 1 is 1.32 bits per heavy atom. The molecule has 1 rings (SSSR count). The summed E-state index contributed by atoms with van der Waals surface area (Å²) in [5, 5.41) is 16.7. The van der Waals surface area contributed by atoms with Crippen LogP contribution in [0, 0.1) is 11.3 Å². The Balaban J connectivity index is 0.000000342. The Bertz CT molecular complexity index is 412. The van der Waals surface area contributed by atoms with Crippen LogP contribution in [0.25, 0.3) is 0 Å². The Kier molecular flexibility index (Phi) is 8.79. The van der Waals surface area contributed by atoms with Crippen LogP contribution in [0.15, 0.2) is 24.3 Å². The number of nitrogens with two attached hydrogens (primary N) is 3. The maximum atomic E-state index is 10.1. The van der Waals surface area contributed by atoms with Crippen LogP contribution in [0.4, 0.5) is 5.69 Å². The van der Waals surface area contributed by atoms with Gasteiger partial charge in [-0.1, -0.05) is 6.42 Å². The van der Waals surface area contributed by atoms with Gasteiger partial charge in [0, 0.05) is 5.69 Å². The molecule has 0 unspecified atom stereocenters. The van der Waals surface area contributed by atoms with Crippen LogP contribution in [0.1, 0.15) is 24.8 Å². The number of anilines is 1. The van der Waals surface area contributed by atoms with Crippen LogP contribution in [-0.2, 0) is 4.79 Å². The first kappa shape index (κ1) is 16.9. The van der Waals surface area contributed by atoms with Gasteiger partial charge >= 0.3 is 5.97 Å². The second-order valence-electron chi connectivity index (χ2n) is 3.96. The van der Waals surface area contributed by atoms with Crippen molar-refractivity contribution in [3.05, 3.63) is 29.8 Å². The zero-order valence-corrected chi connectivity index (χ0v) is 10.7. The summed E-state index contributed by atoms with van der Waals surface area (Å²) in [5.41, 5.74) is 17.1. The van der Waals surface area contributed by atoms with Gasteiger partial charge in [0.1, 0.15) is 6.04 Å². The third-order valence-electron chi connectivity index (χ3n) is 2.33. The van der Waals surface area contributed by atoms with Gasteiger partial charge in [-0.25, -0.2) is 0 Å². The normalized spacial score (nSPS) is 10.8. The van der Waals surface area contributed by atoms with Gasteiger partial charge in [-0.15, -0.1) is 0 Å². The summed E-state index contributed by atoms with van der Waals surface area (Å²) in [7, 11) is 0. The average molecular weight is 264 g/mol. The molecule has 0 aliphatic carbocycles. The third kappa shape index (κ3) is 8.60. The maximum absolute atomic E-state index is 10.1. The van der Waals surface area contributed by atoms with E-state index in [1.165, 1.54) is 0 Å². The van der Waals surface area contributed by atoms with Gasteiger partial charge in [0.2, 0.25) is 0 Å². The van der Waals surface area contributed by atoms with E-state index in [-0.39, 0.29) is 0 Å². The van der Waals surface area contributed by atoms with E-state index in [9.17, 15) is 4.79 Å². The van der Waals surface area contributed by atoms with Crippen molar-refractivity contribution >= 4 is 11.7 Å². The summed E-state index contributed by atoms with van der Waals surface area (Å²) < 4.78 is 0. The monoisotopic (exact) mass is 264 g/mol. The highest BCUT2D eigenvalue weighted by Gasteiger charge is 2.09. The highest BCUT2D eigenvalue weighted by molar-refractivity contribution is 5.72. The Hall–Kier alpha value is -2.10. The molecule has 7 N–H and O–H groups in total. The molecule has 6 nitrogen and oxygen atoms in total. The van der Waals surface area contributed by atoms with E-state index in [2.05, 4.69) is 0 Å². The molecule has 0 amide bonds. The van der Waals surface area contributed by atoms with Crippen molar-refractivity contribution in [2.45, 2.75) is 25.3 Å². The van der Waals surface area contributed by atoms with E-state index >= 15 is 0 Å². The summed E-state index contributed by atoms with van der Waals surface area (Å²) in [5.74, 6) is -0.933. The molecular formula is C13H20N4O2. The lowest BCUT2D eigenvalue weighted by Crippen LogP contribution is -2.29. The second-order valence-corrected chi connectivity index (χ2v) is 3.96. The number of carboxylic acid groups (broad SMARTS) is 1. The lowest BCUT2D eigenvalue weighted by atomic mass is 10.1. The second kappa shape index (κ2) is 9.88. The first-order chi connectivity index (χ1) is 9.01. The van der Waals surface area contributed by atoms with Crippen molar-refractivity contribution in [1.82, 2.24) is 0 Å². The molecule has 1 atom stereocenters. The number of nitriles is 1. The number of carboxylic acids is 1. The molecule has 6 heteroatoms. The van der Waals surface area contributed by atoms with Gasteiger partial charge in [-0.05, 0) is 43.7 Å². The summed E-state index contributed by atoms with van der Waals surface area (Å²) >= 11 is 0. The van der Waals surface area contributed by atoms with E-state index in [0.29, 0.717) is 24.2 Å². The highest BCUT2D eigenvalue weighted by Crippen LogP contribution is 2.02. The Labute approximate surface area is 112 Å². The number of carbonyl (C=O) groups is 1. The molecule has 0 aliphatic heterocycles. The van der Waals surface area contributed by atoms with E-state index in [0.717, 1.165) is 12.8 Å². The van der Waals surface area contributed by atoms with E-state index in [4.69, 9.17) is 27.6 Å². The zero-order chi connectivity index (χ0) is 14.7. The zero-order valence-electron chi connectivity index (χ0n) is 10.7. The molecule has 19 heavy (non-hydrogen) atoms. The molecule has 0 heterocycles. The minimum atomic E-state index is -0.933. The molecule has 0 radical (unpaired) electrons. The largest absolute Gasteiger partial charge is 0.480 e. The molecule has 0 saturated carbocycles. The van der Waals surface area contributed by atoms with Gasteiger partial charge in [-0.3, -0.25) is 4.79 Å². The third-order valence-corrected chi connectivity index (χ3v) is 2.33. The quantitative estimate of drug-likeness (QED) is 0.455. The molecule has 104 valence electrons. The number of hydrogen-bond donors (Lipinski definition) is 4. The number of unbranched alkanes of at least 4 members (excludes halogenated alkanes) is 1. The molecule has 0 bridgehead atoms. The average Bonchev–Trinajstić information content (AvgIpc) is 2.40. The van der Waals surface area contributed by atoms with Crippen molar-refractivity contribution in [2.75, 3.05) is 12.3 Å². The number of nitrogens with zero attached hydrogens (tertiary/aromatic N) is 1. The van der Waals surface area contributed by atoms with Crippen LogP contribution in [0.5, 0.6) is 0 Å². The Morgan fingerprint density at radius 3 is 2.32 bits per heavy atom. The highest BCUT2D eigenvalue weighted by atomic mass is 16.4.